The summed E-state index contributed by atoms with van der Waals surface area (Å²) >= 11 is 3.43. The third kappa shape index (κ3) is 3.41. The fourth-order valence-electron chi connectivity index (χ4n) is 3.64. The number of nitrogens with zero attached hydrogens (tertiary/aromatic N) is 7. The van der Waals surface area contributed by atoms with Crippen LogP contribution in [0.2, 0.25) is 0 Å². The summed E-state index contributed by atoms with van der Waals surface area (Å²) in [5.41, 5.74) is 2.91. The van der Waals surface area contributed by atoms with Crippen molar-refractivity contribution >= 4 is 38.8 Å². The van der Waals surface area contributed by atoms with Crippen LogP contribution in [0.3, 0.4) is 0 Å². The van der Waals surface area contributed by atoms with Crippen LogP contribution in [0.4, 0.5) is 5.82 Å². The second-order valence-corrected chi connectivity index (χ2v) is 7.91. The van der Waals surface area contributed by atoms with E-state index in [0.717, 1.165) is 16.0 Å². The molecule has 1 saturated heterocycles. The maximum atomic E-state index is 12.8. The van der Waals surface area contributed by atoms with Crippen LogP contribution >= 0.6 is 15.9 Å². The van der Waals surface area contributed by atoms with Gasteiger partial charge in [-0.1, -0.05) is 45.4 Å². The van der Waals surface area contributed by atoms with Crippen molar-refractivity contribution in [3.8, 4) is 5.69 Å². The van der Waals surface area contributed by atoms with Crippen molar-refractivity contribution in [3.05, 3.63) is 71.0 Å². The fourth-order valence-corrected chi connectivity index (χ4v) is 4.04. The lowest BCUT2D eigenvalue weighted by Gasteiger charge is -2.35. The molecule has 30 heavy (non-hydrogen) atoms. The number of rotatable bonds is 3. The molecule has 0 unspecified atom stereocenters. The van der Waals surface area contributed by atoms with E-state index in [-0.39, 0.29) is 5.91 Å². The Morgan fingerprint density at radius 2 is 1.73 bits per heavy atom. The zero-order valence-electron chi connectivity index (χ0n) is 16.0. The Morgan fingerprint density at radius 1 is 0.933 bits per heavy atom. The Bertz CT molecular complexity index is 1200. The maximum absolute atomic E-state index is 12.8. The van der Waals surface area contributed by atoms with E-state index >= 15 is 0 Å². The molecule has 0 N–H and O–H groups in total. The zero-order chi connectivity index (χ0) is 20.5. The molecular weight excluding hydrogens is 446 g/mol. The van der Waals surface area contributed by atoms with Crippen LogP contribution < -0.4 is 4.90 Å². The smallest absolute Gasteiger partial charge is 0.254 e. The number of carbonyl (C=O) groups is 1. The van der Waals surface area contributed by atoms with Crippen molar-refractivity contribution in [2.75, 3.05) is 31.1 Å². The Hall–Kier alpha value is -3.33. The minimum absolute atomic E-state index is 0.0406. The highest BCUT2D eigenvalue weighted by Crippen LogP contribution is 2.24. The summed E-state index contributed by atoms with van der Waals surface area (Å²) in [5.74, 6) is 0.788. The highest BCUT2D eigenvalue weighted by atomic mass is 79.9. The number of benzene rings is 2. The molecule has 1 aliphatic heterocycles. The molecule has 1 aliphatic rings. The van der Waals surface area contributed by atoms with Gasteiger partial charge in [-0.2, -0.15) is 4.68 Å². The molecule has 2 aromatic carbocycles. The summed E-state index contributed by atoms with van der Waals surface area (Å²) in [6.07, 6.45) is 1.54. The van der Waals surface area contributed by atoms with Crippen LogP contribution in [0, 0.1) is 0 Å². The van der Waals surface area contributed by atoms with Gasteiger partial charge in [0.15, 0.2) is 17.0 Å². The minimum Gasteiger partial charge on any atom is -0.351 e. The second-order valence-electron chi connectivity index (χ2n) is 7.00. The van der Waals surface area contributed by atoms with Crippen LogP contribution in [0.25, 0.3) is 16.9 Å². The monoisotopic (exact) mass is 463 g/mol. The molecule has 0 atom stereocenters. The molecule has 9 heteroatoms. The Labute approximate surface area is 181 Å². The summed E-state index contributed by atoms with van der Waals surface area (Å²) in [7, 11) is 0. The molecule has 0 saturated carbocycles. The Balaban J connectivity index is 1.36. The van der Waals surface area contributed by atoms with Gasteiger partial charge < -0.3 is 9.80 Å². The third-order valence-corrected chi connectivity index (χ3v) is 5.65. The van der Waals surface area contributed by atoms with Gasteiger partial charge >= 0.3 is 0 Å². The van der Waals surface area contributed by atoms with Gasteiger partial charge in [-0.25, -0.2) is 9.97 Å². The number of carbonyl (C=O) groups excluding carboxylic acids is 1. The van der Waals surface area contributed by atoms with Crippen molar-refractivity contribution in [2.24, 2.45) is 0 Å². The van der Waals surface area contributed by atoms with E-state index in [1.807, 2.05) is 59.5 Å². The van der Waals surface area contributed by atoms with E-state index in [4.69, 9.17) is 0 Å². The fraction of sp³-hybridized carbons (Fsp3) is 0.190. The van der Waals surface area contributed by atoms with Gasteiger partial charge in [0.25, 0.3) is 5.91 Å². The van der Waals surface area contributed by atoms with E-state index < -0.39 is 0 Å². The number of aromatic nitrogens is 5. The predicted octanol–water partition coefficient (Wildman–Crippen LogP) is 2.94. The molecule has 150 valence electrons. The number of fused-ring (bicyclic) bond motifs is 1. The normalized spacial score (nSPS) is 14.3. The maximum Gasteiger partial charge on any atom is 0.254 e. The molecule has 0 aliphatic carbocycles. The van der Waals surface area contributed by atoms with E-state index in [1.165, 1.54) is 0 Å². The topological polar surface area (TPSA) is 80.0 Å². The summed E-state index contributed by atoms with van der Waals surface area (Å²) in [4.78, 5) is 25.7. The lowest BCUT2D eigenvalue weighted by Crippen LogP contribution is -2.49. The van der Waals surface area contributed by atoms with Gasteiger partial charge in [0.2, 0.25) is 0 Å². The van der Waals surface area contributed by atoms with Crippen LogP contribution in [0.5, 0.6) is 0 Å². The predicted molar refractivity (Wildman–Crippen MR) is 117 cm³/mol. The number of piperazine rings is 1. The van der Waals surface area contributed by atoms with Gasteiger partial charge in [-0.3, -0.25) is 4.79 Å². The largest absolute Gasteiger partial charge is 0.351 e. The standard InChI is InChI=1S/C21H18BrN7O/c22-16-6-4-5-15(13-16)21(30)28-11-9-27(10-12-28)19-18-20(24-14-23-19)29(26-25-18)17-7-2-1-3-8-17/h1-8,13-14H,9-12H2. The van der Waals surface area contributed by atoms with Crippen molar-refractivity contribution in [3.63, 3.8) is 0 Å². The van der Waals surface area contributed by atoms with E-state index in [0.29, 0.717) is 42.9 Å². The number of hydrogen-bond donors (Lipinski definition) is 0. The summed E-state index contributed by atoms with van der Waals surface area (Å²) in [6, 6.07) is 17.3. The number of halogens is 1. The molecule has 4 aromatic rings. The van der Waals surface area contributed by atoms with Gasteiger partial charge in [-0.05, 0) is 30.3 Å². The average molecular weight is 464 g/mol. The molecule has 0 radical (unpaired) electrons. The number of hydrogen-bond acceptors (Lipinski definition) is 6. The summed E-state index contributed by atoms with van der Waals surface area (Å²) < 4.78 is 2.62. The number of anilines is 1. The summed E-state index contributed by atoms with van der Waals surface area (Å²) in [6.45, 7) is 2.57. The first-order valence-corrected chi connectivity index (χ1v) is 10.4. The number of amides is 1. The second kappa shape index (κ2) is 7.83. The highest BCUT2D eigenvalue weighted by Gasteiger charge is 2.25. The van der Waals surface area contributed by atoms with Gasteiger partial charge in [-0.15, -0.1) is 5.10 Å². The van der Waals surface area contributed by atoms with E-state index in [9.17, 15) is 4.79 Å². The van der Waals surface area contributed by atoms with Crippen molar-refractivity contribution in [1.82, 2.24) is 29.9 Å². The molecule has 2 aromatic heterocycles. The minimum atomic E-state index is 0.0406. The SMILES string of the molecule is O=C(c1cccc(Br)c1)N1CCN(c2ncnc3c2nnn3-c2ccccc2)CC1. The highest BCUT2D eigenvalue weighted by molar-refractivity contribution is 9.10. The van der Waals surface area contributed by atoms with Crippen molar-refractivity contribution in [2.45, 2.75) is 0 Å². The van der Waals surface area contributed by atoms with Crippen LogP contribution in [0.1, 0.15) is 10.4 Å². The molecule has 0 bridgehead atoms. The lowest BCUT2D eigenvalue weighted by atomic mass is 10.2. The lowest BCUT2D eigenvalue weighted by molar-refractivity contribution is 0.0746. The van der Waals surface area contributed by atoms with Crippen LogP contribution in [-0.2, 0) is 0 Å². The Kier molecular flexibility index (Phi) is 4.88. The first kappa shape index (κ1) is 18.7. The van der Waals surface area contributed by atoms with Crippen molar-refractivity contribution in [1.29, 1.82) is 0 Å². The summed E-state index contributed by atoms with van der Waals surface area (Å²) in [5, 5.41) is 8.62. The van der Waals surface area contributed by atoms with Crippen molar-refractivity contribution < 1.29 is 4.79 Å². The van der Waals surface area contributed by atoms with Gasteiger partial charge in [0.05, 0.1) is 5.69 Å². The quantitative estimate of drug-likeness (QED) is 0.464. The average Bonchev–Trinajstić information content (AvgIpc) is 3.24. The van der Waals surface area contributed by atoms with Crippen LogP contribution in [-0.4, -0.2) is 61.9 Å². The molecule has 1 amide bonds. The zero-order valence-corrected chi connectivity index (χ0v) is 17.6. The van der Waals surface area contributed by atoms with E-state index in [2.05, 4.69) is 41.1 Å². The molecule has 8 nitrogen and oxygen atoms in total. The molecule has 3 heterocycles. The Morgan fingerprint density at radius 3 is 2.50 bits per heavy atom. The molecule has 1 fully saturated rings. The number of para-hydroxylation sites is 1. The van der Waals surface area contributed by atoms with E-state index in [1.54, 1.807) is 11.0 Å². The first-order valence-electron chi connectivity index (χ1n) is 9.62. The molecular formula is C21H18BrN7O. The molecule has 5 rings (SSSR count). The van der Waals surface area contributed by atoms with Gasteiger partial charge in [0, 0.05) is 36.2 Å². The van der Waals surface area contributed by atoms with Crippen LogP contribution in [0.15, 0.2) is 65.4 Å². The van der Waals surface area contributed by atoms with Gasteiger partial charge in [0.1, 0.15) is 6.33 Å². The first-order chi connectivity index (χ1) is 14.7. The third-order valence-electron chi connectivity index (χ3n) is 5.16. The molecule has 0 spiro atoms.